The van der Waals surface area contributed by atoms with E-state index in [2.05, 4.69) is 4.72 Å². The van der Waals surface area contributed by atoms with Gasteiger partial charge >= 0.3 is 5.97 Å². The molecule has 5 aromatic rings. The van der Waals surface area contributed by atoms with Crippen LogP contribution in [0.1, 0.15) is 93.1 Å². The van der Waals surface area contributed by atoms with E-state index in [0.29, 0.717) is 43.7 Å². The smallest absolute Gasteiger partial charge is 0.328 e. The van der Waals surface area contributed by atoms with Crippen molar-refractivity contribution in [3.63, 3.8) is 0 Å². The summed E-state index contributed by atoms with van der Waals surface area (Å²) in [5, 5.41) is 15.8. The second kappa shape index (κ2) is 17.2. The van der Waals surface area contributed by atoms with Gasteiger partial charge in [-0.2, -0.15) is 5.10 Å². The Bertz CT molecular complexity index is 2450. The Morgan fingerprint density at radius 1 is 0.875 bits per heavy atom. The van der Waals surface area contributed by atoms with Crippen molar-refractivity contribution >= 4 is 50.6 Å². The highest BCUT2D eigenvalue weighted by Gasteiger charge is 2.30. The first-order valence-electron chi connectivity index (χ1n) is 18.8. The van der Waals surface area contributed by atoms with Gasteiger partial charge in [0.05, 0.1) is 16.1 Å². The van der Waals surface area contributed by atoms with E-state index in [1.54, 1.807) is 34.9 Å². The Morgan fingerprint density at radius 3 is 2.25 bits per heavy atom. The molecule has 290 valence electrons. The van der Waals surface area contributed by atoms with Crippen LogP contribution in [0.25, 0.3) is 22.5 Å². The van der Waals surface area contributed by atoms with E-state index < -0.39 is 27.8 Å². The average molecular weight is 776 g/mol. The maximum Gasteiger partial charge on any atom is 0.328 e. The predicted octanol–water partition coefficient (Wildman–Crippen LogP) is 6.79. The lowest BCUT2D eigenvalue weighted by Gasteiger charge is -2.29. The number of rotatable bonds is 14. The van der Waals surface area contributed by atoms with Crippen molar-refractivity contribution < 1.29 is 32.7 Å². The van der Waals surface area contributed by atoms with Gasteiger partial charge in [0, 0.05) is 49.1 Å². The molecule has 13 heteroatoms. The fraction of sp³-hybridized carbons (Fsp3) is 0.279. The number of amides is 3. The number of nitrogens with one attached hydrogen (secondary N) is 1. The van der Waals surface area contributed by atoms with Crippen LogP contribution < -0.4 is 4.72 Å². The topological polar surface area (TPSA) is 159 Å². The predicted molar refractivity (Wildman–Crippen MR) is 214 cm³/mol. The molecule has 0 saturated heterocycles. The molecule has 1 aliphatic heterocycles. The number of hydrogen-bond acceptors (Lipinski definition) is 7. The van der Waals surface area contributed by atoms with Crippen molar-refractivity contribution in [2.75, 3.05) is 19.6 Å². The van der Waals surface area contributed by atoms with Gasteiger partial charge in [-0.15, -0.1) is 0 Å². The highest BCUT2D eigenvalue weighted by molar-refractivity contribution is 7.90. The molecule has 1 aliphatic rings. The fourth-order valence-corrected chi connectivity index (χ4v) is 7.88. The zero-order chi connectivity index (χ0) is 40.0. The van der Waals surface area contributed by atoms with Crippen molar-refractivity contribution in [1.82, 2.24) is 24.3 Å². The Balaban J connectivity index is 1.44. The minimum Gasteiger partial charge on any atom is -0.478 e. The van der Waals surface area contributed by atoms with Crippen molar-refractivity contribution in [2.24, 2.45) is 0 Å². The average Bonchev–Trinajstić information content (AvgIpc) is 3.53. The van der Waals surface area contributed by atoms with E-state index in [-0.39, 0.29) is 38.9 Å². The molecule has 0 saturated carbocycles. The third-order valence-corrected chi connectivity index (χ3v) is 11.3. The number of carbonyl (C=O) groups is 4. The summed E-state index contributed by atoms with van der Waals surface area (Å²) in [4.78, 5) is 57.4. The zero-order valence-corrected chi connectivity index (χ0v) is 32.5. The first-order chi connectivity index (χ1) is 26.9. The van der Waals surface area contributed by atoms with Crippen LogP contribution in [0, 0.1) is 6.92 Å². The maximum atomic E-state index is 14.6. The molecule has 0 bridgehead atoms. The van der Waals surface area contributed by atoms with Crippen LogP contribution in [0.4, 0.5) is 0 Å². The minimum absolute atomic E-state index is 0.0285. The van der Waals surface area contributed by atoms with Crippen LogP contribution in [-0.2, 0) is 27.8 Å². The molecule has 12 nitrogen and oxygen atoms in total. The van der Waals surface area contributed by atoms with Gasteiger partial charge in [0.25, 0.3) is 27.7 Å². The Morgan fingerprint density at radius 2 is 1.55 bits per heavy atom. The number of fused-ring (bicyclic) bond motifs is 2. The van der Waals surface area contributed by atoms with E-state index in [1.807, 2.05) is 50.2 Å². The lowest BCUT2D eigenvalue weighted by molar-refractivity contribution is -0.131. The summed E-state index contributed by atoms with van der Waals surface area (Å²) in [7, 11) is -4.31. The van der Waals surface area contributed by atoms with Crippen LogP contribution in [0.15, 0.2) is 95.9 Å². The van der Waals surface area contributed by atoms with Gasteiger partial charge in [0.2, 0.25) is 0 Å². The molecule has 2 heterocycles. The summed E-state index contributed by atoms with van der Waals surface area (Å²) in [6, 6.07) is 23.9. The molecule has 3 amide bonds. The van der Waals surface area contributed by atoms with Gasteiger partial charge in [-0.05, 0) is 84.5 Å². The zero-order valence-electron chi connectivity index (χ0n) is 31.7. The highest BCUT2D eigenvalue weighted by Crippen LogP contribution is 2.28. The van der Waals surface area contributed by atoms with E-state index in [9.17, 15) is 32.7 Å². The number of carbonyl (C=O) groups excluding carboxylic acids is 3. The molecule has 4 aromatic carbocycles. The first-order valence-corrected chi connectivity index (χ1v) is 20.3. The lowest BCUT2D eigenvalue weighted by Crippen LogP contribution is -2.37. The van der Waals surface area contributed by atoms with Crippen molar-refractivity contribution in [3.05, 3.63) is 130 Å². The number of nitrogens with zero attached hydrogens (tertiary/aromatic N) is 4. The van der Waals surface area contributed by atoms with Crippen LogP contribution in [0.3, 0.4) is 0 Å². The van der Waals surface area contributed by atoms with Gasteiger partial charge in [-0.1, -0.05) is 81.3 Å². The fourth-order valence-electron chi connectivity index (χ4n) is 6.87. The second-order valence-corrected chi connectivity index (χ2v) is 15.5. The number of carboxylic acid groups (broad SMARTS) is 1. The normalized spacial score (nSPS) is 12.8. The molecule has 0 aliphatic carbocycles. The minimum atomic E-state index is -4.31. The molecule has 6 rings (SSSR count). The molecular formula is C43H45N5O7S. The summed E-state index contributed by atoms with van der Waals surface area (Å²) >= 11 is 0. The number of aliphatic carboxylic acids is 1. The lowest BCUT2D eigenvalue weighted by atomic mass is 9.98. The highest BCUT2D eigenvalue weighted by atomic mass is 32.2. The molecule has 0 fully saturated rings. The molecule has 1 aromatic heterocycles. The monoisotopic (exact) mass is 775 g/mol. The third-order valence-electron chi connectivity index (χ3n) is 10.0. The van der Waals surface area contributed by atoms with Gasteiger partial charge in [-0.25, -0.2) is 22.6 Å². The maximum absolute atomic E-state index is 14.6. The Kier molecular flexibility index (Phi) is 12.1. The Labute approximate surface area is 326 Å². The number of carboxylic acids is 1. The summed E-state index contributed by atoms with van der Waals surface area (Å²) in [5.41, 5.74) is 3.00. The molecule has 0 atom stereocenters. The van der Waals surface area contributed by atoms with E-state index in [1.165, 1.54) is 41.1 Å². The first kappa shape index (κ1) is 39.6. The van der Waals surface area contributed by atoms with Crippen molar-refractivity contribution in [3.8, 4) is 5.69 Å². The van der Waals surface area contributed by atoms with Gasteiger partial charge < -0.3 is 14.9 Å². The van der Waals surface area contributed by atoms with E-state index in [4.69, 9.17) is 5.10 Å². The van der Waals surface area contributed by atoms with Gasteiger partial charge in [-0.3, -0.25) is 14.4 Å². The standard InChI is InChI=1S/C43H45N5O7S/c1-4-6-23-46(24-7-5-2)43(53)40-36(19-21-39(49)50)29(3)48(44-40)38-20-17-33(27-37(38)42(52)47-25-22-31-13-9-11-15-34(31)28-47)41(51)45-56(54,55)35-18-16-30-12-8-10-14-32(30)26-35/h8-21,26-27H,4-7,22-25,28H2,1-3H3,(H,45,51)(H,49,50)/b21-19+. The van der Waals surface area contributed by atoms with Crippen LogP contribution in [0.2, 0.25) is 0 Å². The van der Waals surface area contributed by atoms with Crippen molar-refractivity contribution in [1.29, 1.82) is 0 Å². The third kappa shape index (κ3) is 8.57. The van der Waals surface area contributed by atoms with E-state index >= 15 is 0 Å². The molecule has 0 radical (unpaired) electrons. The van der Waals surface area contributed by atoms with E-state index in [0.717, 1.165) is 48.3 Å². The second-order valence-electron chi connectivity index (χ2n) is 13.9. The molecule has 0 unspecified atom stereocenters. The quantitative estimate of drug-likeness (QED) is 0.117. The van der Waals surface area contributed by atoms with Crippen LogP contribution in [-0.4, -0.2) is 76.4 Å². The number of sulfonamides is 1. The molecule has 2 N–H and O–H groups in total. The SMILES string of the molecule is CCCCN(CCCC)C(=O)c1nn(-c2ccc(C(=O)NS(=O)(=O)c3ccc4ccccc4c3)cc2C(=O)N2CCc3ccccc3C2)c(C)c1/C=C/C(=O)O. The summed E-state index contributed by atoms with van der Waals surface area (Å²) < 4.78 is 30.5. The summed E-state index contributed by atoms with van der Waals surface area (Å²) in [6.07, 6.45) is 6.15. The number of hydrogen-bond donors (Lipinski definition) is 2. The van der Waals surface area contributed by atoms with Crippen LogP contribution >= 0.6 is 0 Å². The molecule has 56 heavy (non-hydrogen) atoms. The summed E-state index contributed by atoms with van der Waals surface area (Å²) in [6.45, 7) is 7.43. The number of unbranched alkanes of at least 4 members (excludes halogenated alkanes) is 2. The molecular weight excluding hydrogens is 731 g/mol. The van der Waals surface area contributed by atoms with Gasteiger partial charge in [0.1, 0.15) is 0 Å². The van der Waals surface area contributed by atoms with Crippen LogP contribution in [0.5, 0.6) is 0 Å². The summed E-state index contributed by atoms with van der Waals surface area (Å²) in [5.74, 6) is -2.95. The van der Waals surface area contributed by atoms with Gasteiger partial charge in [0.15, 0.2) is 5.69 Å². The number of aromatic nitrogens is 2. The largest absolute Gasteiger partial charge is 0.478 e. The molecule has 0 spiro atoms. The number of benzene rings is 4. The van der Waals surface area contributed by atoms with Crippen molar-refractivity contribution in [2.45, 2.75) is 64.3 Å². The Hall–Kier alpha value is -6.08.